The van der Waals surface area contributed by atoms with Gasteiger partial charge in [0.05, 0.1) is 18.7 Å². The first-order valence-electron chi connectivity index (χ1n) is 12.0. The number of rotatable bonds is 11. The van der Waals surface area contributed by atoms with Gasteiger partial charge in [-0.3, -0.25) is 9.78 Å². The lowest BCUT2D eigenvalue weighted by atomic mass is 9.79. The van der Waals surface area contributed by atoms with Gasteiger partial charge in [-0.15, -0.1) is 0 Å². The Bertz CT molecular complexity index is 1120. The number of methoxy groups -OCH3 is 1. The fourth-order valence-electron chi connectivity index (χ4n) is 4.91. The largest absolute Gasteiger partial charge is 0.497 e. The highest BCUT2D eigenvalue weighted by molar-refractivity contribution is 7.99. The number of aliphatic hydroxyl groups is 1. The molecule has 0 amide bonds. The Morgan fingerprint density at radius 3 is 2.80 bits per heavy atom. The highest BCUT2D eigenvalue weighted by atomic mass is 32.2. The molecule has 1 aliphatic rings. The van der Waals surface area contributed by atoms with Gasteiger partial charge in [-0.05, 0) is 73.5 Å². The van der Waals surface area contributed by atoms with Crippen LogP contribution >= 0.6 is 11.8 Å². The van der Waals surface area contributed by atoms with E-state index in [4.69, 9.17) is 4.74 Å². The van der Waals surface area contributed by atoms with Gasteiger partial charge in [0.2, 0.25) is 0 Å². The molecule has 0 bridgehead atoms. The number of hydrogen-bond donors (Lipinski definition) is 2. The summed E-state index contributed by atoms with van der Waals surface area (Å²) in [6.45, 7) is 2.57. The molecule has 35 heavy (non-hydrogen) atoms. The molecule has 0 radical (unpaired) electrons. The van der Waals surface area contributed by atoms with E-state index in [0.29, 0.717) is 6.42 Å². The zero-order valence-corrected chi connectivity index (χ0v) is 20.7. The maximum atomic E-state index is 11.6. The lowest BCUT2D eigenvalue weighted by molar-refractivity contribution is -0.139. The van der Waals surface area contributed by atoms with Crippen LogP contribution in [-0.2, 0) is 4.79 Å². The van der Waals surface area contributed by atoms with E-state index in [0.717, 1.165) is 65.6 Å². The summed E-state index contributed by atoms with van der Waals surface area (Å²) in [6.07, 6.45) is 7.01. The van der Waals surface area contributed by atoms with Crippen LogP contribution in [0.25, 0.3) is 10.9 Å². The molecule has 9 heteroatoms. The van der Waals surface area contributed by atoms with Crippen molar-refractivity contribution < 1.29 is 19.7 Å². The molecule has 2 N–H and O–H groups in total. The lowest BCUT2D eigenvalue weighted by Crippen LogP contribution is -2.42. The van der Waals surface area contributed by atoms with E-state index in [1.54, 1.807) is 43.5 Å². The second kappa shape index (κ2) is 12.3. The number of benzene rings is 1. The van der Waals surface area contributed by atoms with Crippen LogP contribution in [0.4, 0.5) is 0 Å². The molecular formula is C26H32N4O4S. The van der Waals surface area contributed by atoms with Gasteiger partial charge in [0, 0.05) is 49.2 Å². The van der Waals surface area contributed by atoms with Crippen LogP contribution in [0, 0.1) is 11.8 Å². The van der Waals surface area contributed by atoms with E-state index in [1.807, 2.05) is 24.3 Å². The average molecular weight is 497 g/mol. The first kappa shape index (κ1) is 25.3. The summed E-state index contributed by atoms with van der Waals surface area (Å²) in [5.74, 6) is 1.17. The third kappa shape index (κ3) is 6.90. The first-order chi connectivity index (χ1) is 17.0. The number of pyridine rings is 1. The average Bonchev–Trinajstić information content (AvgIpc) is 2.87. The second-order valence-electron chi connectivity index (χ2n) is 8.96. The number of aromatic nitrogens is 3. The fraction of sp³-hybridized carbons (Fsp3) is 0.462. The van der Waals surface area contributed by atoms with Gasteiger partial charge in [0.1, 0.15) is 5.75 Å². The number of hydrogen-bond acceptors (Lipinski definition) is 8. The zero-order chi connectivity index (χ0) is 24.6. The normalized spacial score (nSPS) is 19.5. The topological polar surface area (TPSA) is 109 Å². The van der Waals surface area contributed by atoms with Crippen LogP contribution in [0.3, 0.4) is 0 Å². The third-order valence-corrected chi connectivity index (χ3v) is 7.60. The molecule has 3 atom stereocenters. The number of thioether (sulfide) groups is 1. The van der Waals surface area contributed by atoms with Crippen LogP contribution in [0.2, 0.25) is 0 Å². The molecule has 1 saturated heterocycles. The van der Waals surface area contributed by atoms with Gasteiger partial charge in [-0.2, -0.15) is 0 Å². The fourth-order valence-corrected chi connectivity index (χ4v) is 5.72. The zero-order valence-electron chi connectivity index (χ0n) is 19.9. The van der Waals surface area contributed by atoms with E-state index in [2.05, 4.69) is 19.9 Å². The van der Waals surface area contributed by atoms with E-state index in [9.17, 15) is 15.0 Å². The molecule has 8 nitrogen and oxygen atoms in total. The standard InChI is InChI=1S/C26H32N4O4S/c1-34-20-4-5-23-22(16-20)21(7-11-27-23)24(31)6-3-18-8-12-30(17-19(18)15-25(32)33)13-14-35-26-28-9-2-10-29-26/h2,4-5,7,9-11,16,18-19,24,31H,3,6,8,12-15,17H2,1H3,(H,32,33)/t18-,19+,24?/m1/s1. The Morgan fingerprint density at radius 1 is 1.20 bits per heavy atom. The first-order valence-corrected chi connectivity index (χ1v) is 13.0. The quantitative estimate of drug-likeness (QED) is 0.300. The predicted molar refractivity (Wildman–Crippen MR) is 136 cm³/mol. The van der Waals surface area contributed by atoms with Crippen molar-refractivity contribution in [1.82, 2.24) is 19.9 Å². The molecule has 1 unspecified atom stereocenters. The van der Waals surface area contributed by atoms with Gasteiger partial charge < -0.3 is 19.8 Å². The maximum absolute atomic E-state index is 11.6. The third-order valence-electron chi connectivity index (χ3n) is 6.75. The minimum atomic E-state index is -0.762. The summed E-state index contributed by atoms with van der Waals surface area (Å²) >= 11 is 1.62. The number of likely N-dealkylation sites (tertiary alicyclic amines) is 1. The van der Waals surface area contributed by atoms with Crippen LogP contribution in [0.1, 0.15) is 37.4 Å². The van der Waals surface area contributed by atoms with Gasteiger partial charge in [-0.25, -0.2) is 9.97 Å². The van der Waals surface area contributed by atoms with Crippen molar-refractivity contribution in [2.75, 3.05) is 32.5 Å². The van der Waals surface area contributed by atoms with Crippen LogP contribution in [0.5, 0.6) is 5.75 Å². The number of piperidine rings is 1. The highest BCUT2D eigenvalue weighted by Crippen LogP contribution is 2.35. The molecule has 4 rings (SSSR count). The van der Waals surface area contributed by atoms with Gasteiger partial charge in [0.25, 0.3) is 0 Å². The van der Waals surface area contributed by atoms with Crippen LogP contribution < -0.4 is 4.74 Å². The predicted octanol–water partition coefficient (Wildman–Crippen LogP) is 4.05. The summed E-state index contributed by atoms with van der Waals surface area (Å²) in [5, 5.41) is 22.2. The van der Waals surface area contributed by atoms with Crippen molar-refractivity contribution in [1.29, 1.82) is 0 Å². The van der Waals surface area contributed by atoms with E-state index < -0.39 is 12.1 Å². The number of aliphatic hydroxyl groups excluding tert-OH is 1. The van der Waals surface area contributed by atoms with Gasteiger partial charge in [-0.1, -0.05) is 11.8 Å². The van der Waals surface area contributed by atoms with Crippen molar-refractivity contribution >= 4 is 28.6 Å². The molecule has 1 aromatic carbocycles. The van der Waals surface area contributed by atoms with E-state index in [-0.39, 0.29) is 18.3 Å². The van der Waals surface area contributed by atoms with Crippen LogP contribution in [-0.4, -0.2) is 68.5 Å². The summed E-state index contributed by atoms with van der Waals surface area (Å²) in [7, 11) is 1.62. The monoisotopic (exact) mass is 496 g/mol. The Kier molecular flexibility index (Phi) is 8.90. The number of nitrogens with zero attached hydrogens (tertiary/aromatic N) is 4. The van der Waals surface area contributed by atoms with Crippen molar-refractivity contribution in [2.24, 2.45) is 11.8 Å². The SMILES string of the molecule is COc1ccc2nccc(C(O)CC[C@@H]3CCN(CCSc4ncccn4)C[C@@H]3CC(=O)O)c2c1. The van der Waals surface area contributed by atoms with E-state index in [1.165, 1.54) is 0 Å². The Balaban J connectivity index is 1.35. The van der Waals surface area contributed by atoms with Crippen molar-refractivity contribution in [2.45, 2.75) is 36.9 Å². The number of fused-ring (bicyclic) bond motifs is 1. The van der Waals surface area contributed by atoms with Gasteiger partial charge >= 0.3 is 5.97 Å². The van der Waals surface area contributed by atoms with Gasteiger partial charge in [0.15, 0.2) is 5.16 Å². The highest BCUT2D eigenvalue weighted by Gasteiger charge is 2.31. The van der Waals surface area contributed by atoms with Crippen molar-refractivity contribution in [3.8, 4) is 5.75 Å². The summed E-state index contributed by atoms with van der Waals surface area (Å²) in [5.41, 5.74) is 1.65. The lowest BCUT2D eigenvalue weighted by Gasteiger charge is -2.38. The molecule has 1 aliphatic heterocycles. The molecule has 3 aromatic rings. The Labute approximate surface area is 209 Å². The van der Waals surface area contributed by atoms with Crippen molar-refractivity contribution in [3.63, 3.8) is 0 Å². The molecular weight excluding hydrogens is 464 g/mol. The number of carboxylic acid groups (broad SMARTS) is 1. The molecule has 1 fully saturated rings. The minimum Gasteiger partial charge on any atom is -0.497 e. The molecule has 2 aromatic heterocycles. The second-order valence-corrected chi connectivity index (χ2v) is 10.0. The molecule has 0 saturated carbocycles. The summed E-state index contributed by atoms with van der Waals surface area (Å²) in [4.78, 5) is 26.8. The molecule has 0 spiro atoms. The minimum absolute atomic E-state index is 0.0701. The summed E-state index contributed by atoms with van der Waals surface area (Å²) < 4.78 is 5.35. The van der Waals surface area contributed by atoms with E-state index >= 15 is 0 Å². The Morgan fingerprint density at radius 2 is 2.03 bits per heavy atom. The molecule has 186 valence electrons. The number of aliphatic carboxylic acids is 1. The number of carbonyl (C=O) groups is 1. The molecule has 0 aliphatic carbocycles. The smallest absolute Gasteiger partial charge is 0.303 e. The van der Waals surface area contributed by atoms with Crippen molar-refractivity contribution in [3.05, 3.63) is 54.5 Å². The Hall–Kier alpha value is -2.75. The molecule has 3 heterocycles. The maximum Gasteiger partial charge on any atom is 0.303 e. The van der Waals surface area contributed by atoms with Crippen LogP contribution in [0.15, 0.2) is 54.1 Å². The number of ether oxygens (including phenoxy) is 1. The number of carboxylic acids is 1. The summed E-state index contributed by atoms with van der Waals surface area (Å²) in [6, 6.07) is 9.33.